The van der Waals surface area contributed by atoms with Gasteiger partial charge in [-0.05, 0) is 53.7 Å². The summed E-state index contributed by atoms with van der Waals surface area (Å²) in [5, 5.41) is 7.92. The van der Waals surface area contributed by atoms with E-state index in [-0.39, 0.29) is 30.2 Å². The van der Waals surface area contributed by atoms with E-state index >= 15 is 0 Å². The first-order valence-corrected chi connectivity index (χ1v) is 9.58. The zero-order valence-electron chi connectivity index (χ0n) is 15.6. The van der Waals surface area contributed by atoms with E-state index in [2.05, 4.69) is 22.6 Å². The van der Waals surface area contributed by atoms with Crippen molar-refractivity contribution in [3.05, 3.63) is 45.9 Å². The third kappa shape index (κ3) is 3.53. The number of rotatable bonds is 4. The summed E-state index contributed by atoms with van der Waals surface area (Å²) in [4.78, 5) is 27.2. The number of likely N-dealkylation sites (N-methyl/N-ethyl adjacent to an activating group) is 1. The number of hydrogen-bond acceptors (Lipinski definition) is 5. The van der Waals surface area contributed by atoms with E-state index in [0.717, 1.165) is 32.1 Å². The summed E-state index contributed by atoms with van der Waals surface area (Å²) in [5.74, 6) is -0.127. The molecule has 0 N–H and O–H groups in total. The van der Waals surface area contributed by atoms with Crippen LogP contribution in [-0.2, 0) is 22.5 Å². The van der Waals surface area contributed by atoms with Gasteiger partial charge in [0.2, 0.25) is 5.91 Å². The van der Waals surface area contributed by atoms with Crippen LogP contribution in [0.1, 0.15) is 48.9 Å². The van der Waals surface area contributed by atoms with Crippen LogP contribution < -0.4 is 5.69 Å². The number of tetrazole rings is 1. The van der Waals surface area contributed by atoms with E-state index < -0.39 is 0 Å². The zero-order valence-corrected chi connectivity index (χ0v) is 15.6. The Bertz CT molecular complexity index is 868. The van der Waals surface area contributed by atoms with Crippen molar-refractivity contribution in [1.29, 1.82) is 0 Å². The molecule has 2 aliphatic rings. The average Bonchev–Trinajstić information content (AvgIpc) is 3.08. The lowest BCUT2D eigenvalue weighted by atomic mass is 9.87. The summed E-state index contributed by atoms with van der Waals surface area (Å²) in [5.41, 5.74) is 2.18. The Morgan fingerprint density at radius 2 is 2.00 bits per heavy atom. The number of hydrogen-bond donors (Lipinski definition) is 0. The number of nitrogens with zero attached hydrogens (tertiary/aromatic N) is 5. The maximum atomic E-state index is 12.8. The van der Waals surface area contributed by atoms with Crippen LogP contribution in [0.25, 0.3) is 0 Å². The first kappa shape index (κ1) is 17.9. The van der Waals surface area contributed by atoms with Crippen molar-refractivity contribution < 1.29 is 9.53 Å². The average molecular weight is 371 g/mol. The predicted molar refractivity (Wildman–Crippen MR) is 98.3 cm³/mol. The summed E-state index contributed by atoms with van der Waals surface area (Å²) in [7, 11) is 1.81. The molecule has 0 bridgehead atoms. The summed E-state index contributed by atoms with van der Waals surface area (Å²) < 4.78 is 7.89. The second-order valence-electron chi connectivity index (χ2n) is 7.32. The fraction of sp³-hybridized carbons (Fsp3) is 0.579. The molecule has 27 heavy (non-hydrogen) atoms. The van der Waals surface area contributed by atoms with E-state index in [1.54, 1.807) is 4.90 Å². The summed E-state index contributed by atoms with van der Waals surface area (Å²) in [6, 6.07) is 8.32. The standard InChI is InChI=1S/C19H25N5O3/c1-22(17-8-4-6-14-5-2-3-7-16(14)17)18(25)13-23-19(26)24(21-20-23)15-9-11-27-12-10-15/h2-3,5,7,15,17H,4,6,8-13H2,1H3. The van der Waals surface area contributed by atoms with Gasteiger partial charge in [-0.3, -0.25) is 4.79 Å². The molecule has 1 fully saturated rings. The number of amides is 1. The topological polar surface area (TPSA) is 82.2 Å². The number of aromatic nitrogens is 4. The number of ether oxygens (including phenoxy) is 1. The second kappa shape index (κ2) is 7.64. The molecule has 8 nitrogen and oxygen atoms in total. The number of carbonyl (C=O) groups is 1. The lowest BCUT2D eigenvalue weighted by Crippen LogP contribution is -2.39. The molecule has 0 saturated carbocycles. The Hall–Kier alpha value is -2.48. The van der Waals surface area contributed by atoms with Gasteiger partial charge in [0.05, 0.1) is 12.1 Å². The van der Waals surface area contributed by atoms with Gasteiger partial charge in [-0.1, -0.05) is 24.3 Å². The molecule has 1 aliphatic carbocycles. The third-order valence-corrected chi connectivity index (χ3v) is 5.68. The molecule has 8 heteroatoms. The van der Waals surface area contributed by atoms with Gasteiger partial charge < -0.3 is 9.64 Å². The van der Waals surface area contributed by atoms with Crippen molar-refractivity contribution >= 4 is 5.91 Å². The summed E-state index contributed by atoms with van der Waals surface area (Å²) >= 11 is 0. The number of carbonyl (C=O) groups excluding carboxylic acids is 1. The van der Waals surface area contributed by atoms with Gasteiger partial charge in [0.15, 0.2) is 0 Å². The van der Waals surface area contributed by atoms with Gasteiger partial charge in [-0.15, -0.1) is 0 Å². The highest BCUT2D eigenvalue weighted by atomic mass is 16.5. The largest absolute Gasteiger partial charge is 0.381 e. The summed E-state index contributed by atoms with van der Waals surface area (Å²) in [6.07, 6.45) is 4.52. The van der Waals surface area contributed by atoms with Crippen LogP contribution in [0.2, 0.25) is 0 Å². The van der Waals surface area contributed by atoms with E-state index in [0.29, 0.717) is 13.2 Å². The minimum Gasteiger partial charge on any atom is -0.381 e. The highest BCUT2D eigenvalue weighted by molar-refractivity contribution is 5.76. The SMILES string of the molecule is CN(C(=O)Cn1nnn(C2CCOCC2)c1=O)C1CCCc2ccccc21. The molecule has 2 aromatic rings. The molecule has 1 atom stereocenters. The molecule has 1 saturated heterocycles. The van der Waals surface area contributed by atoms with Gasteiger partial charge in [0, 0.05) is 20.3 Å². The van der Waals surface area contributed by atoms with E-state index in [9.17, 15) is 9.59 Å². The van der Waals surface area contributed by atoms with Crippen LogP contribution in [-0.4, -0.2) is 50.9 Å². The van der Waals surface area contributed by atoms with Gasteiger partial charge in [-0.25, -0.2) is 4.79 Å². The molecule has 0 spiro atoms. The van der Waals surface area contributed by atoms with Gasteiger partial charge in [-0.2, -0.15) is 9.36 Å². The molecule has 1 amide bonds. The molecule has 0 radical (unpaired) electrons. The zero-order chi connectivity index (χ0) is 18.8. The first-order valence-electron chi connectivity index (χ1n) is 9.58. The summed E-state index contributed by atoms with van der Waals surface area (Å²) in [6.45, 7) is 1.15. The van der Waals surface area contributed by atoms with Crippen LogP contribution in [0.5, 0.6) is 0 Å². The maximum Gasteiger partial charge on any atom is 0.364 e. The number of benzene rings is 1. The fourth-order valence-electron chi connectivity index (χ4n) is 4.09. The Morgan fingerprint density at radius 3 is 2.81 bits per heavy atom. The Morgan fingerprint density at radius 1 is 1.22 bits per heavy atom. The monoisotopic (exact) mass is 371 g/mol. The van der Waals surface area contributed by atoms with E-state index in [4.69, 9.17) is 4.74 Å². The molecular weight excluding hydrogens is 346 g/mol. The van der Waals surface area contributed by atoms with Gasteiger partial charge >= 0.3 is 5.69 Å². The Labute approximate surface area is 157 Å². The quantitative estimate of drug-likeness (QED) is 0.810. The Balaban J connectivity index is 1.48. The molecule has 1 unspecified atom stereocenters. The van der Waals surface area contributed by atoms with Crippen molar-refractivity contribution in [2.45, 2.75) is 50.7 Å². The first-order chi connectivity index (χ1) is 13.1. The van der Waals surface area contributed by atoms with Crippen LogP contribution in [0.3, 0.4) is 0 Å². The molecule has 1 aliphatic heterocycles. The minimum atomic E-state index is -0.326. The smallest absolute Gasteiger partial charge is 0.364 e. The van der Waals surface area contributed by atoms with Crippen molar-refractivity contribution in [2.24, 2.45) is 0 Å². The highest BCUT2D eigenvalue weighted by Gasteiger charge is 2.28. The van der Waals surface area contributed by atoms with E-state index in [1.807, 2.05) is 19.2 Å². The second-order valence-corrected chi connectivity index (χ2v) is 7.32. The van der Waals surface area contributed by atoms with Crippen LogP contribution in [0.15, 0.2) is 29.1 Å². The van der Waals surface area contributed by atoms with Crippen molar-refractivity contribution in [3.8, 4) is 0 Å². The van der Waals surface area contributed by atoms with Crippen LogP contribution >= 0.6 is 0 Å². The molecule has 2 heterocycles. The molecule has 1 aromatic heterocycles. The van der Waals surface area contributed by atoms with Crippen molar-refractivity contribution in [2.75, 3.05) is 20.3 Å². The highest BCUT2D eigenvalue weighted by Crippen LogP contribution is 2.33. The molecule has 1 aromatic carbocycles. The van der Waals surface area contributed by atoms with Crippen LogP contribution in [0.4, 0.5) is 0 Å². The van der Waals surface area contributed by atoms with Gasteiger partial charge in [0.1, 0.15) is 6.54 Å². The van der Waals surface area contributed by atoms with Gasteiger partial charge in [0.25, 0.3) is 0 Å². The molecule has 4 rings (SSSR count). The predicted octanol–water partition coefficient (Wildman–Crippen LogP) is 1.33. The van der Waals surface area contributed by atoms with Crippen molar-refractivity contribution in [1.82, 2.24) is 24.7 Å². The van der Waals surface area contributed by atoms with Crippen LogP contribution in [0, 0.1) is 0 Å². The van der Waals surface area contributed by atoms with Crippen molar-refractivity contribution in [3.63, 3.8) is 0 Å². The lowest BCUT2D eigenvalue weighted by Gasteiger charge is -2.33. The number of fused-ring (bicyclic) bond motifs is 1. The number of aryl methyl sites for hydroxylation is 1. The Kier molecular flexibility index (Phi) is 5.07. The normalized spacial score (nSPS) is 20.3. The van der Waals surface area contributed by atoms with E-state index in [1.165, 1.54) is 20.5 Å². The minimum absolute atomic E-state index is 0.00180. The third-order valence-electron chi connectivity index (χ3n) is 5.68. The maximum absolute atomic E-state index is 12.8. The fourth-order valence-corrected chi connectivity index (χ4v) is 4.09. The molecule has 144 valence electrons. The molecular formula is C19H25N5O3. The lowest BCUT2D eigenvalue weighted by molar-refractivity contribution is -0.133.